The smallest absolute Gasteiger partial charge is 0.358 e. The number of aromatic nitrogens is 5. The number of nitrogens with zero attached hydrogens (tertiary/aromatic N) is 4. The number of carbonyl (C=O) groups is 1. The van der Waals surface area contributed by atoms with Gasteiger partial charge in [0.2, 0.25) is 0 Å². The molecular formula is C8H7N5O3. The molecule has 0 saturated carbocycles. The number of hydrogen-bond donors (Lipinski definition) is 2. The molecule has 0 bridgehead atoms. The van der Waals surface area contributed by atoms with Gasteiger partial charge in [0.1, 0.15) is 0 Å². The molecule has 2 N–H and O–H groups in total. The van der Waals surface area contributed by atoms with E-state index in [1.807, 2.05) is 0 Å². The largest absolute Gasteiger partial charge is 0.476 e. The molecule has 2 rings (SSSR count). The Kier molecular flexibility index (Phi) is 2.24. The molecule has 8 heteroatoms. The monoisotopic (exact) mass is 221 g/mol. The van der Waals surface area contributed by atoms with Crippen molar-refractivity contribution >= 4 is 5.97 Å². The van der Waals surface area contributed by atoms with Crippen LogP contribution in [0.2, 0.25) is 0 Å². The summed E-state index contributed by atoms with van der Waals surface area (Å²) in [6.45, 7) is 1.53. The fourth-order valence-electron chi connectivity index (χ4n) is 1.13. The van der Waals surface area contributed by atoms with Crippen LogP contribution in [0.5, 0.6) is 0 Å². The van der Waals surface area contributed by atoms with E-state index in [0.717, 1.165) is 4.80 Å². The Labute approximate surface area is 88.5 Å². The van der Waals surface area contributed by atoms with E-state index in [9.17, 15) is 9.59 Å². The van der Waals surface area contributed by atoms with Gasteiger partial charge in [-0.1, -0.05) is 0 Å². The van der Waals surface area contributed by atoms with Crippen LogP contribution in [-0.2, 0) is 0 Å². The van der Waals surface area contributed by atoms with Crippen LogP contribution >= 0.6 is 0 Å². The molecule has 2 heterocycles. The minimum Gasteiger partial charge on any atom is -0.476 e. The van der Waals surface area contributed by atoms with E-state index in [4.69, 9.17) is 5.11 Å². The predicted molar refractivity (Wildman–Crippen MR) is 51.5 cm³/mol. The summed E-state index contributed by atoms with van der Waals surface area (Å²) in [6, 6.07) is 2.64. The lowest BCUT2D eigenvalue weighted by atomic mass is 10.4. The second-order valence-corrected chi connectivity index (χ2v) is 3.01. The van der Waals surface area contributed by atoms with E-state index < -0.39 is 5.97 Å². The molecule has 0 unspecified atom stereocenters. The van der Waals surface area contributed by atoms with Gasteiger partial charge < -0.3 is 5.11 Å². The average Bonchev–Trinajstić information content (AvgIpc) is 2.61. The van der Waals surface area contributed by atoms with Gasteiger partial charge in [0.05, 0.1) is 5.69 Å². The number of H-pyrrole nitrogens is 1. The maximum absolute atomic E-state index is 10.8. The molecule has 82 valence electrons. The molecule has 0 aliphatic heterocycles. The zero-order valence-electron chi connectivity index (χ0n) is 8.21. The molecule has 0 radical (unpaired) electrons. The van der Waals surface area contributed by atoms with E-state index in [2.05, 4.69) is 20.4 Å². The summed E-state index contributed by atoms with van der Waals surface area (Å²) in [6.07, 6.45) is 0. The van der Waals surface area contributed by atoms with Gasteiger partial charge in [0.25, 0.3) is 5.56 Å². The van der Waals surface area contributed by atoms with Gasteiger partial charge in [-0.05, 0) is 13.0 Å². The van der Waals surface area contributed by atoms with Crippen LogP contribution in [0.4, 0.5) is 0 Å². The lowest BCUT2D eigenvalue weighted by Gasteiger charge is -1.94. The summed E-state index contributed by atoms with van der Waals surface area (Å²) in [5, 5.41) is 22.3. The van der Waals surface area contributed by atoms with E-state index in [1.165, 1.54) is 19.1 Å². The first-order valence-corrected chi connectivity index (χ1v) is 4.31. The van der Waals surface area contributed by atoms with Crippen LogP contribution in [0, 0.1) is 6.92 Å². The van der Waals surface area contributed by atoms with Gasteiger partial charge in [-0.3, -0.25) is 4.79 Å². The summed E-state index contributed by atoms with van der Waals surface area (Å²) in [7, 11) is 0. The Morgan fingerprint density at radius 2 is 2.19 bits per heavy atom. The molecular weight excluding hydrogens is 214 g/mol. The topological polar surface area (TPSA) is 114 Å². The van der Waals surface area contributed by atoms with Gasteiger partial charge >= 0.3 is 5.97 Å². The summed E-state index contributed by atoms with van der Waals surface area (Å²) < 4.78 is 0. The third-order valence-corrected chi connectivity index (χ3v) is 1.85. The van der Waals surface area contributed by atoms with Crippen molar-refractivity contribution in [3.8, 4) is 5.82 Å². The van der Waals surface area contributed by atoms with Crippen LogP contribution in [0.3, 0.4) is 0 Å². The molecule has 0 spiro atoms. The summed E-state index contributed by atoms with van der Waals surface area (Å²) in [5.74, 6) is -0.914. The van der Waals surface area contributed by atoms with E-state index in [0.29, 0.717) is 0 Å². The van der Waals surface area contributed by atoms with Crippen molar-refractivity contribution in [2.75, 3.05) is 0 Å². The average molecular weight is 221 g/mol. The van der Waals surface area contributed by atoms with Crippen molar-refractivity contribution in [2.24, 2.45) is 0 Å². The van der Waals surface area contributed by atoms with E-state index in [1.54, 1.807) is 0 Å². The molecule has 0 aromatic carbocycles. The van der Waals surface area contributed by atoms with Crippen molar-refractivity contribution in [3.05, 3.63) is 33.9 Å². The van der Waals surface area contributed by atoms with Crippen LogP contribution in [-0.4, -0.2) is 36.3 Å². The first-order valence-electron chi connectivity index (χ1n) is 4.31. The minimum atomic E-state index is -1.16. The van der Waals surface area contributed by atoms with Gasteiger partial charge in [0.15, 0.2) is 11.5 Å². The molecule has 0 fully saturated rings. The van der Waals surface area contributed by atoms with Crippen molar-refractivity contribution < 1.29 is 9.90 Å². The standard InChI is InChI=1S/C8H7N5O3/c1-4-7(8(15)16)12-13(11-4)5-2-3-6(14)10-9-5/h2-3H,1H3,(H,10,14)(H,15,16). The predicted octanol–water partition coefficient (Wildman–Crippen LogP) is -0.643. The van der Waals surface area contributed by atoms with E-state index in [-0.39, 0.29) is 22.8 Å². The Hall–Kier alpha value is -2.51. The van der Waals surface area contributed by atoms with Crippen LogP contribution in [0.15, 0.2) is 16.9 Å². The molecule has 0 atom stereocenters. The van der Waals surface area contributed by atoms with Gasteiger partial charge in [-0.15, -0.1) is 9.90 Å². The third-order valence-electron chi connectivity index (χ3n) is 1.85. The van der Waals surface area contributed by atoms with Crippen LogP contribution in [0.25, 0.3) is 5.82 Å². The molecule has 0 aliphatic carbocycles. The Balaban J connectivity index is 2.49. The Bertz CT molecular complexity index is 579. The molecule has 0 amide bonds. The molecule has 16 heavy (non-hydrogen) atoms. The number of rotatable bonds is 2. The molecule has 0 aliphatic rings. The lowest BCUT2D eigenvalue weighted by Crippen LogP contribution is -2.11. The maximum atomic E-state index is 10.8. The third kappa shape index (κ3) is 1.67. The van der Waals surface area contributed by atoms with Crippen molar-refractivity contribution in [2.45, 2.75) is 6.92 Å². The van der Waals surface area contributed by atoms with Crippen LogP contribution < -0.4 is 5.56 Å². The highest BCUT2D eigenvalue weighted by Crippen LogP contribution is 2.04. The zero-order valence-corrected chi connectivity index (χ0v) is 8.21. The SMILES string of the molecule is Cc1nn(-c2ccc(=O)[nH]n2)nc1C(=O)O. The lowest BCUT2D eigenvalue weighted by molar-refractivity contribution is 0.0689. The number of carboxylic acid groups (broad SMARTS) is 1. The van der Waals surface area contributed by atoms with Crippen LogP contribution in [0.1, 0.15) is 16.2 Å². The highest BCUT2D eigenvalue weighted by Gasteiger charge is 2.15. The van der Waals surface area contributed by atoms with Gasteiger partial charge in [-0.2, -0.15) is 10.2 Å². The fraction of sp³-hybridized carbons (Fsp3) is 0.125. The Morgan fingerprint density at radius 3 is 2.69 bits per heavy atom. The normalized spacial score (nSPS) is 10.3. The second kappa shape index (κ2) is 3.57. The quantitative estimate of drug-likeness (QED) is 0.697. The summed E-state index contributed by atoms with van der Waals surface area (Å²) >= 11 is 0. The highest BCUT2D eigenvalue weighted by atomic mass is 16.4. The minimum absolute atomic E-state index is 0.145. The van der Waals surface area contributed by atoms with E-state index >= 15 is 0 Å². The maximum Gasteiger partial charge on any atom is 0.358 e. The zero-order chi connectivity index (χ0) is 11.7. The number of aromatic carboxylic acids is 1. The summed E-state index contributed by atoms with van der Waals surface area (Å²) in [4.78, 5) is 22.5. The highest BCUT2D eigenvalue weighted by molar-refractivity contribution is 5.86. The number of nitrogens with one attached hydrogen (secondary N) is 1. The van der Waals surface area contributed by atoms with Gasteiger partial charge in [0, 0.05) is 6.07 Å². The number of aromatic amines is 1. The fourth-order valence-corrected chi connectivity index (χ4v) is 1.13. The molecule has 0 saturated heterocycles. The first kappa shape index (κ1) is 10.0. The number of carboxylic acids is 1. The first-order chi connectivity index (χ1) is 7.58. The molecule has 2 aromatic heterocycles. The van der Waals surface area contributed by atoms with Crippen molar-refractivity contribution in [1.29, 1.82) is 0 Å². The summed E-state index contributed by atoms with van der Waals surface area (Å²) in [5.41, 5.74) is -0.223. The Morgan fingerprint density at radius 1 is 1.44 bits per heavy atom. The number of aryl methyl sites for hydroxylation is 1. The second-order valence-electron chi connectivity index (χ2n) is 3.01. The molecule has 2 aromatic rings. The van der Waals surface area contributed by atoms with Crippen molar-refractivity contribution in [1.82, 2.24) is 25.2 Å². The van der Waals surface area contributed by atoms with Crippen molar-refractivity contribution in [3.63, 3.8) is 0 Å². The number of hydrogen-bond acceptors (Lipinski definition) is 5. The van der Waals surface area contributed by atoms with Gasteiger partial charge in [-0.25, -0.2) is 9.89 Å². The molecule has 8 nitrogen and oxygen atoms in total.